The number of anilines is 1. The predicted molar refractivity (Wildman–Crippen MR) is 101 cm³/mol. The summed E-state index contributed by atoms with van der Waals surface area (Å²) in [6.45, 7) is 4.64. The highest BCUT2D eigenvalue weighted by molar-refractivity contribution is 7.19. The van der Waals surface area contributed by atoms with Gasteiger partial charge in [0.05, 0.1) is 21.8 Å². The first-order chi connectivity index (χ1) is 12.7. The summed E-state index contributed by atoms with van der Waals surface area (Å²) >= 11 is 1.41. The molecule has 0 atom stereocenters. The summed E-state index contributed by atoms with van der Waals surface area (Å²) in [7, 11) is 0. The fraction of sp³-hybridized carbons (Fsp3) is 0.167. The van der Waals surface area contributed by atoms with Gasteiger partial charge in [0, 0.05) is 18.3 Å². The Balaban J connectivity index is 1.59. The lowest BCUT2D eigenvalue weighted by molar-refractivity contribution is 0.102. The van der Waals surface area contributed by atoms with Crippen LogP contribution in [0, 0.1) is 6.92 Å². The number of hydrogen-bond donors (Lipinski definition) is 1. The number of nitrogens with one attached hydrogen (secondary N) is 1. The lowest BCUT2D eigenvalue weighted by atomic mass is 10.2. The first-order valence-electron chi connectivity index (χ1n) is 8.19. The molecule has 8 heteroatoms. The molecular weight excluding hydrogens is 348 g/mol. The lowest BCUT2D eigenvalue weighted by Crippen LogP contribution is -2.11. The number of carbonyl (C=O) groups is 1. The average Bonchev–Trinajstić information content (AvgIpc) is 3.24. The first-order valence-corrected chi connectivity index (χ1v) is 9.01. The van der Waals surface area contributed by atoms with E-state index in [0.717, 1.165) is 28.3 Å². The van der Waals surface area contributed by atoms with E-state index in [4.69, 9.17) is 0 Å². The number of pyridine rings is 1. The van der Waals surface area contributed by atoms with E-state index in [1.54, 1.807) is 23.0 Å². The van der Waals surface area contributed by atoms with Crippen LogP contribution in [0.25, 0.3) is 21.6 Å². The molecule has 0 aliphatic carbocycles. The molecule has 0 saturated heterocycles. The van der Waals surface area contributed by atoms with Crippen molar-refractivity contribution < 1.29 is 4.79 Å². The molecule has 0 fully saturated rings. The maximum atomic E-state index is 12.6. The third-order valence-corrected chi connectivity index (χ3v) is 5.09. The molecule has 0 unspecified atom stereocenters. The van der Waals surface area contributed by atoms with E-state index in [-0.39, 0.29) is 5.91 Å². The fourth-order valence-corrected chi connectivity index (χ4v) is 3.64. The van der Waals surface area contributed by atoms with Gasteiger partial charge in [0.1, 0.15) is 5.52 Å². The second kappa shape index (κ2) is 6.64. The molecule has 1 aromatic carbocycles. The fourth-order valence-electron chi connectivity index (χ4n) is 2.70. The van der Waals surface area contributed by atoms with Gasteiger partial charge < -0.3 is 0 Å². The molecule has 1 amide bonds. The maximum Gasteiger partial charge on any atom is 0.257 e. The second-order valence-corrected chi connectivity index (χ2v) is 6.71. The summed E-state index contributed by atoms with van der Waals surface area (Å²) in [5.41, 5.74) is 3.81. The van der Waals surface area contributed by atoms with E-state index in [1.165, 1.54) is 11.3 Å². The van der Waals surface area contributed by atoms with Gasteiger partial charge in [0.2, 0.25) is 0 Å². The van der Waals surface area contributed by atoms with Crippen LogP contribution in [-0.2, 0) is 6.54 Å². The number of hydrogen-bond acceptors (Lipinski definition) is 6. The third-order valence-electron chi connectivity index (χ3n) is 3.99. The number of amides is 1. The van der Waals surface area contributed by atoms with Crippen molar-refractivity contribution in [2.75, 3.05) is 5.32 Å². The van der Waals surface area contributed by atoms with Gasteiger partial charge >= 0.3 is 0 Å². The summed E-state index contributed by atoms with van der Waals surface area (Å²) in [6.07, 6.45) is 1.74. The smallest absolute Gasteiger partial charge is 0.257 e. The summed E-state index contributed by atoms with van der Waals surface area (Å²) in [6, 6.07) is 11.1. The Morgan fingerprint density at radius 3 is 2.92 bits per heavy atom. The molecule has 0 aliphatic heterocycles. The van der Waals surface area contributed by atoms with E-state index < -0.39 is 0 Å². The van der Waals surface area contributed by atoms with Crippen LogP contribution in [0.3, 0.4) is 0 Å². The van der Waals surface area contributed by atoms with Gasteiger partial charge in [0.15, 0.2) is 5.13 Å². The number of benzene rings is 1. The molecule has 0 radical (unpaired) electrons. The number of rotatable bonds is 4. The number of aromatic nitrogens is 5. The lowest BCUT2D eigenvalue weighted by Gasteiger charge is -2.02. The number of thiazole rings is 1. The van der Waals surface area contributed by atoms with Crippen molar-refractivity contribution in [1.29, 1.82) is 0 Å². The SMILES string of the molecule is CCn1nnc2cc(C(=O)Nc3nc(C)c(-c4ccccn4)s3)ccc21. The van der Waals surface area contributed by atoms with E-state index in [9.17, 15) is 4.79 Å². The zero-order valence-corrected chi connectivity index (χ0v) is 15.1. The van der Waals surface area contributed by atoms with Gasteiger partial charge in [-0.2, -0.15) is 0 Å². The van der Waals surface area contributed by atoms with Crippen molar-refractivity contribution >= 4 is 33.4 Å². The molecule has 4 rings (SSSR count). The first kappa shape index (κ1) is 16.3. The Morgan fingerprint density at radius 1 is 1.27 bits per heavy atom. The molecule has 1 N–H and O–H groups in total. The average molecular weight is 364 g/mol. The highest BCUT2D eigenvalue weighted by Gasteiger charge is 2.15. The highest BCUT2D eigenvalue weighted by Crippen LogP contribution is 2.31. The quantitative estimate of drug-likeness (QED) is 0.599. The van der Waals surface area contributed by atoms with Gasteiger partial charge in [0.25, 0.3) is 5.91 Å². The van der Waals surface area contributed by atoms with Crippen LogP contribution < -0.4 is 5.32 Å². The number of nitrogens with zero attached hydrogens (tertiary/aromatic N) is 5. The van der Waals surface area contributed by atoms with E-state index >= 15 is 0 Å². The Hall–Kier alpha value is -3.13. The Morgan fingerprint density at radius 2 is 2.15 bits per heavy atom. The molecule has 0 spiro atoms. The van der Waals surface area contributed by atoms with Crippen molar-refractivity contribution in [3.8, 4) is 10.6 Å². The van der Waals surface area contributed by atoms with Crippen molar-refractivity contribution in [3.63, 3.8) is 0 Å². The summed E-state index contributed by atoms with van der Waals surface area (Å²) in [4.78, 5) is 22.3. The molecular formula is C18H16N6OS. The minimum absolute atomic E-state index is 0.223. The van der Waals surface area contributed by atoms with Gasteiger partial charge in [-0.1, -0.05) is 22.6 Å². The third kappa shape index (κ3) is 2.95. The van der Waals surface area contributed by atoms with Crippen molar-refractivity contribution in [2.24, 2.45) is 0 Å². The summed E-state index contributed by atoms with van der Waals surface area (Å²) in [5.74, 6) is -0.223. The molecule has 0 bridgehead atoms. The van der Waals surface area contributed by atoms with Crippen LogP contribution in [0.1, 0.15) is 23.0 Å². The van der Waals surface area contributed by atoms with Crippen LogP contribution >= 0.6 is 11.3 Å². The number of carbonyl (C=O) groups excluding carboxylic acids is 1. The van der Waals surface area contributed by atoms with Crippen molar-refractivity contribution in [1.82, 2.24) is 25.0 Å². The highest BCUT2D eigenvalue weighted by atomic mass is 32.1. The van der Waals surface area contributed by atoms with E-state index in [1.807, 2.05) is 38.1 Å². The van der Waals surface area contributed by atoms with Gasteiger partial charge in [-0.05, 0) is 44.2 Å². The minimum atomic E-state index is -0.223. The standard InChI is InChI=1S/C18H16N6OS/c1-3-24-15-8-7-12(10-14(15)22-23-24)17(25)21-18-20-11(2)16(26-18)13-6-4-5-9-19-13/h4-10H,3H2,1-2H3,(H,20,21,25). The number of fused-ring (bicyclic) bond motifs is 1. The normalized spacial score (nSPS) is 11.0. The molecule has 7 nitrogen and oxygen atoms in total. The molecule has 0 saturated carbocycles. The monoisotopic (exact) mass is 364 g/mol. The number of aryl methyl sites for hydroxylation is 2. The molecule has 4 aromatic rings. The summed E-state index contributed by atoms with van der Waals surface area (Å²) in [5, 5.41) is 11.6. The van der Waals surface area contributed by atoms with Crippen molar-refractivity contribution in [3.05, 3.63) is 53.9 Å². The van der Waals surface area contributed by atoms with E-state index in [2.05, 4.69) is 25.6 Å². The molecule has 3 heterocycles. The topological polar surface area (TPSA) is 85.6 Å². The summed E-state index contributed by atoms with van der Waals surface area (Å²) < 4.78 is 1.79. The zero-order chi connectivity index (χ0) is 18.1. The zero-order valence-electron chi connectivity index (χ0n) is 14.3. The van der Waals surface area contributed by atoms with Crippen LogP contribution in [-0.4, -0.2) is 30.9 Å². The van der Waals surface area contributed by atoms with Crippen LogP contribution in [0.4, 0.5) is 5.13 Å². The molecule has 26 heavy (non-hydrogen) atoms. The second-order valence-electron chi connectivity index (χ2n) is 5.71. The Bertz CT molecular complexity index is 1090. The molecule has 130 valence electrons. The molecule has 0 aliphatic rings. The van der Waals surface area contributed by atoms with Crippen LogP contribution in [0.2, 0.25) is 0 Å². The predicted octanol–water partition coefficient (Wildman–Crippen LogP) is 3.53. The Labute approximate surface area is 153 Å². The van der Waals surface area contributed by atoms with Crippen molar-refractivity contribution in [2.45, 2.75) is 20.4 Å². The molecule has 3 aromatic heterocycles. The van der Waals surface area contributed by atoms with Gasteiger partial charge in [-0.15, -0.1) is 5.10 Å². The van der Waals surface area contributed by atoms with Crippen LogP contribution in [0.5, 0.6) is 0 Å². The largest absolute Gasteiger partial charge is 0.298 e. The van der Waals surface area contributed by atoms with Gasteiger partial charge in [-0.25, -0.2) is 9.67 Å². The minimum Gasteiger partial charge on any atom is -0.298 e. The van der Waals surface area contributed by atoms with Gasteiger partial charge in [-0.3, -0.25) is 15.1 Å². The van der Waals surface area contributed by atoms with E-state index in [0.29, 0.717) is 16.2 Å². The maximum absolute atomic E-state index is 12.6. The Kier molecular flexibility index (Phi) is 4.18. The van der Waals surface area contributed by atoms with Crippen LogP contribution in [0.15, 0.2) is 42.6 Å².